The van der Waals surface area contributed by atoms with Gasteiger partial charge in [0.25, 0.3) is 0 Å². The predicted molar refractivity (Wildman–Crippen MR) is 101 cm³/mol. The molecule has 2 rings (SSSR count). The summed E-state index contributed by atoms with van der Waals surface area (Å²) in [5.41, 5.74) is 1.07. The molecule has 0 unspecified atom stereocenters. The fourth-order valence-electron chi connectivity index (χ4n) is 2.26. The molecule has 0 radical (unpaired) electrons. The SMILES string of the molecule is CCNC(=NCc1sc(C)nc1C)NCCCc1nc(C(C)C)no1. The summed E-state index contributed by atoms with van der Waals surface area (Å²) in [7, 11) is 0. The Labute approximate surface area is 153 Å². The summed E-state index contributed by atoms with van der Waals surface area (Å²) in [6, 6.07) is 0. The van der Waals surface area contributed by atoms with Crippen LogP contribution < -0.4 is 10.6 Å². The minimum absolute atomic E-state index is 0.293. The third-order valence-electron chi connectivity index (χ3n) is 3.58. The van der Waals surface area contributed by atoms with Gasteiger partial charge in [0.15, 0.2) is 11.8 Å². The Morgan fingerprint density at radius 3 is 2.64 bits per heavy atom. The standard InChI is InChI=1S/C17H28N6OS/c1-6-18-17(20-10-14-12(4)21-13(5)25-14)19-9-7-8-15-22-16(11(2)3)23-24-15/h11H,6-10H2,1-5H3,(H2,18,19,20). The molecule has 2 aromatic rings. The van der Waals surface area contributed by atoms with Gasteiger partial charge < -0.3 is 15.2 Å². The highest BCUT2D eigenvalue weighted by Gasteiger charge is 2.09. The summed E-state index contributed by atoms with van der Waals surface area (Å²) in [4.78, 5) is 14.7. The second kappa shape index (κ2) is 9.50. The number of hydrogen-bond donors (Lipinski definition) is 2. The molecule has 138 valence electrons. The van der Waals surface area contributed by atoms with Gasteiger partial charge in [0.05, 0.1) is 17.2 Å². The van der Waals surface area contributed by atoms with Gasteiger partial charge in [-0.2, -0.15) is 4.98 Å². The Morgan fingerprint density at radius 2 is 2.04 bits per heavy atom. The second-order valence-corrected chi connectivity index (χ2v) is 7.46. The van der Waals surface area contributed by atoms with E-state index in [0.717, 1.165) is 48.4 Å². The van der Waals surface area contributed by atoms with Gasteiger partial charge in [-0.3, -0.25) is 0 Å². The third kappa shape index (κ3) is 6.12. The van der Waals surface area contributed by atoms with E-state index in [4.69, 9.17) is 4.52 Å². The van der Waals surface area contributed by atoms with Crippen molar-refractivity contribution in [3.63, 3.8) is 0 Å². The molecule has 2 aromatic heterocycles. The van der Waals surface area contributed by atoms with Gasteiger partial charge in [0, 0.05) is 30.3 Å². The number of guanidine groups is 1. The number of aromatic nitrogens is 3. The topological polar surface area (TPSA) is 88.2 Å². The number of aryl methyl sites for hydroxylation is 3. The molecule has 0 atom stereocenters. The minimum Gasteiger partial charge on any atom is -0.357 e. The van der Waals surface area contributed by atoms with Crippen molar-refractivity contribution >= 4 is 17.3 Å². The molecule has 0 spiro atoms. The number of nitrogens with one attached hydrogen (secondary N) is 2. The van der Waals surface area contributed by atoms with E-state index in [1.807, 2.05) is 13.8 Å². The van der Waals surface area contributed by atoms with Crippen LogP contribution in [0.4, 0.5) is 0 Å². The van der Waals surface area contributed by atoms with Gasteiger partial charge in [0.1, 0.15) is 0 Å². The average Bonchev–Trinajstić information content (AvgIpc) is 3.15. The molecule has 25 heavy (non-hydrogen) atoms. The summed E-state index contributed by atoms with van der Waals surface area (Å²) >= 11 is 1.70. The Balaban J connectivity index is 1.80. The molecule has 8 heteroatoms. The van der Waals surface area contributed by atoms with Gasteiger partial charge in [-0.1, -0.05) is 19.0 Å². The van der Waals surface area contributed by atoms with Crippen LogP contribution in [0.3, 0.4) is 0 Å². The van der Waals surface area contributed by atoms with Crippen LogP contribution in [0.25, 0.3) is 0 Å². The first-order valence-corrected chi connectivity index (χ1v) is 9.58. The molecule has 0 amide bonds. The van der Waals surface area contributed by atoms with Gasteiger partial charge >= 0.3 is 0 Å². The Hall–Kier alpha value is -1.96. The molecular weight excluding hydrogens is 336 g/mol. The maximum Gasteiger partial charge on any atom is 0.226 e. The van der Waals surface area contributed by atoms with Crippen LogP contribution in [-0.2, 0) is 13.0 Å². The fraction of sp³-hybridized carbons (Fsp3) is 0.647. The Morgan fingerprint density at radius 1 is 1.24 bits per heavy atom. The van der Waals surface area contributed by atoms with E-state index in [2.05, 4.69) is 51.5 Å². The molecule has 0 aliphatic heterocycles. The number of thiazole rings is 1. The van der Waals surface area contributed by atoms with Crippen LogP contribution in [-0.4, -0.2) is 34.2 Å². The maximum absolute atomic E-state index is 5.26. The van der Waals surface area contributed by atoms with Gasteiger partial charge in [0.2, 0.25) is 5.89 Å². The number of hydrogen-bond acceptors (Lipinski definition) is 6. The molecule has 0 bridgehead atoms. The average molecular weight is 365 g/mol. The lowest BCUT2D eigenvalue weighted by atomic mass is 10.2. The van der Waals surface area contributed by atoms with Crippen molar-refractivity contribution in [1.82, 2.24) is 25.8 Å². The van der Waals surface area contributed by atoms with E-state index < -0.39 is 0 Å². The van der Waals surface area contributed by atoms with Crippen molar-refractivity contribution < 1.29 is 4.52 Å². The van der Waals surface area contributed by atoms with E-state index in [9.17, 15) is 0 Å². The molecule has 0 saturated carbocycles. The highest BCUT2D eigenvalue weighted by atomic mass is 32.1. The maximum atomic E-state index is 5.26. The molecule has 0 aromatic carbocycles. The number of nitrogens with zero attached hydrogens (tertiary/aromatic N) is 4. The van der Waals surface area contributed by atoms with E-state index in [0.29, 0.717) is 18.4 Å². The smallest absolute Gasteiger partial charge is 0.226 e. The molecule has 0 aliphatic carbocycles. The molecular formula is C17H28N6OS. The van der Waals surface area contributed by atoms with Crippen molar-refractivity contribution in [1.29, 1.82) is 0 Å². The molecule has 7 nitrogen and oxygen atoms in total. The van der Waals surface area contributed by atoms with Crippen LogP contribution in [0, 0.1) is 13.8 Å². The zero-order chi connectivity index (χ0) is 18.2. The molecule has 2 N–H and O–H groups in total. The first-order valence-electron chi connectivity index (χ1n) is 8.77. The zero-order valence-electron chi connectivity index (χ0n) is 15.7. The van der Waals surface area contributed by atoms with E-state index >= 15 is 0 Å². The van der Waals surface area contributed by atoms with Crippen LogP contribution in [0.1, 0.15) is 60.4 Å². The molecule has 0 fully saturated rings. The predicted octanol–water partition coefficient (Wildman–Crippen LogP) is 2.95. The number of aliphatic imine (C=N–C) groups is 1. The normalized spacial score (nSPS) is 12.0. The summed E-state index contributed by atoms with van der Waals surface area (Å²) < 4.78 is 5.26. The fourth-order valence-corrected chi connectivity index (χ4v) is 3.12. The van der Waals surface area contributed by atoms with Gasteiger partial charge in [-0.05, 0) is 27.2 Å². The van der Waals surface area contributed by atoms with Gasteiger partial charge in [-0.15, -0.1) is 11.3 Å². The zero-order valence-corrected chi connectivity index (χ0v) is 16.5. The molecule has 2 heterocycles. The Kier molecular flexibility index (Phi) is 7.36. The molecule has 0 saturated heterocycles. The van der Waals surface area contributed by atoms with Crippen molar-refractivity contribution in [2.75, 3.05) is 13.1 Å². The van der Waals surface area contributed by atoms with E-state index in [1.165, 1.54) is 4.88 Å². The van der Waals surface area contributed by atoms with Crippen molar-refractivity contribution in [2.45, 2.75) is 59.9 Å². The summed E-state index contributed by atoms with van der Waals surface area (Å²) in [6.07, 6.45) is 1.67. The first-order chi connectivity index (χ1) is 12.0. The third-order valence-corrected chi connectivity index (χ3v) is 4.64. The molecule has 0 aliphatic rings. The van der Waals surface area contributed by atoms with Crippen molar-refractivity contribution in [3.05, 3.63) is 27.3 Å². The van der Waals surface area contributed by atoms with Crippen LogP contribution in [0.2, 0.25) is 0 Å². The van der Waals surface area contributed by atoms with Crippen molar-refractivity contribution in [3.8, 4) is 0 Å². The lowest BCUT2D eigenvalue weighted by Crippen LogP contribution is -2.37. The largest absolute Gasteiger partial charge is 0.357 e. The van der Waals surface area contributed by atoms with Crippen LogP contribution >= 0.6 is 11.3 Å². The minimum atomic E-state index is 0.293. The van der Waals surface area contributed by atoms with E-state index in [1.54, 1.807) is 11.3 Å². The summed E-state index contributed by atoms with van der Waals surface area (Å²) in [6.45, 7) is 12.5. The van der Waals surface area contributed by atoms with Crippen LogP contribution in [0.15, 0.2) is 9.52 Å². The highest BCUT2D eigenvalue weighted by molar-refractivity contribution is 7.11. The summed E-state index contributed by atoms with van der Waals surface area (Å²) in [5.74, 6) is 2.58. The Bertz CT molecular complexity index is 691. The monoisotopic (exact) mass is 364 g/mol. The van der Waals surface area contributed by atoms with Crippen LogP contribution in [0.5, 0.6) is 0 Å². The first kappa shape index (κ1) is 19.4. The van der Waals surface area contributed by atoms with Crippen molar-refractivity contribution in [2.24, 2.45) is 4.99 Å². The number of rotatable bonds is 8. The lowest BCUT2D eigenvalue weighted by Gasteiger charge is -2.10. The van der Waals surface area contributed by atoms with Gasteiger partial charge in [-0.25, -0.2) is 9.98 Å². The second-order valence-electron chi connectivity index (χ2n) is 6.17. The van der Waals surface area contributed by atoms with E-state index in [-0.39, 0.29) is 0 Å². The summed E-state index contributed by atoms with van der Waals surface area (Å²) in [5, 5.41) is 11.7. The lowest BCUT2D eigenvalue weighted by molar-refractivity contribution is 0.368. The quantitative estimate of drug-likeness (QED) is 0.425. The highest BCUT2D eigenvalue weighted by Crippen LogP contribution is 2.17.